The van der Waals surface area contributed by atoms with Gasteiger partial charge in [-0.3, -0.25) is 24.0 Å². The van der Waals surface area contributed by atoms with Crippen molar-refractivity contribution in [2.24, 2.45) is 32.7 Å². The maximum Gasteiger partial charge on any atom is 0.311 e. The maximum atomic E-state index is 14.4. The van der Waals surface area contributed by atoms with E-state index >= 15 is 0 Å². The summed E-state index contributed by atoms with van der Waals surface area (Å²) in [5, 5.41) is 3.38. The summed E-state index contributed by atoms with van der Waals surface area (Å²) in [6.07, 6.45) is -5.22. The molecular weight excluding hydrogens is 676 g/mol. The first kappa shape index (κ1) is 45.5. The molecule has 0 rings (SSSR count). The normalized spacial score (nSPS) is 16.4. The van der Waals surface area contributed by atoms with Crippen molar-refractivity contribution in [1.29, 1.82) is 0 Å². The van der Waals surface area contributed by atoms with Gasteiger partial charge >= 0.3 is 23.9 Å². The van der Waals surface area contributed by atoms with E-state index in [0.717, 1.165) is 6.21 Å². The topological polar surface area (TPSA) is 144 Å². The number of ether oxygens (including phenoxy) is 4. The van der Waals surface area contributed by atoms with Crippen LogP contribution in [0.25, 0.3) is 0 Å². The van der Waals surface area contributed by atoms with E-state index in [2.05, 4.69) is 25.9 Å². The molecule has 268 valence electrons. The molecule has 0 bridgehead atoms. The van der Waals surface area contributed by atoms with Crippen LogP contribution in [0.15, 0.2) is 5.16 Å². The Morgan fingerprint density at radius 1 is 0.674 bits per heavy atom. The second kappa shape index (κ2) is 19.2. The van der Waals surface area contributed by atoms with Gasteiger partial charge in [0, 0.05) is 5.92 Å². The van der Waals surface area contributed by atoms with Crippen molar-refractivity contribution in [3.63, 3.8) is 0 Å². The zero-order valence-corrected chi connectivity index (χ0v) is 31.3. The Morgan fingerprint density at radius 2 is 1.04 bits per heavy atom. The number of carbonyl (C=O) groups excluding carboxylic acids is 5. The van der Waals surface area contributed by atoms with Crippen LogP contribution in [0.2, 0.25) is 0 Å². The lowest BCUT2D eigenvalue weighted by Crippen LogP contribution is -2.42. The van der Waals surface area contributed by atoms with E-state index in [1.807, 2.05) is 0 Å². The van der Waals surface area contributed by atoms with Gasteiger partial charge in [-0.15, -0.1) is 0 Å². The van der Waals surface area contributed by atoms with Crippen LogP contribution >= 0.6 is 15.9 Å². The van der Waals surface area contributed by atoms with Crippen molar-refractivity contribution in [3.8, 4) is 0 Å². The molecule has 0 saturated carbocycles. The molecule has 11 nitrogen and oxygen atoms in total. The third-order valence-corrected chi connectivity index (χ3v) is 6.56. The summed E-state index contributed by atoms with van der Waals surface area (Å²) in [6, 6.07) is 0. The number of hydrogen-bond donors (Lipinski definition) is 0. The van der Waals surface area contributed by atoms with E-state index < -0.39 is 80.8 Å². The van der Waals surface area contributed by atoms with Crippen LogP contribution < -0.4 is 0 Å². The number of hydrogen-bond acceptors (Lipinski definition) is 11. The number of rotatable bonds is 13. The summed E-state index contributed by atoms with van der Waals surface area (Å²) in [5.74, 6) is -2.62. The van der Waals surface area contributed by atoms with Gasteiger partial charge in [0.2, 0.25) is 0 Å². The fourth-order valence-corrected chi connectivity index (χ4v) is 3.23. The standard InChI is InChI=1S/C17H30FNO5.C15H24BrFO5/c1-11(10-23-14(20)16(2,3)4)13(12(18)9-19-22-8)24-15(21)17(5,6)7;1-14(2,3)12(19)21-8-9(16)11(10(17)7-18)22-13(20)15(4,5)6/h9,11-13H,10H2,1-8H3;7,9-11H,8H2,1-6H3/t11-,12+,13+;9-,10+,11+/m00/s1. The highest BCUT2D eigenvalue weighted by molar-refractivity contribution is 9.09. The Hall–Kier alpha value is -2.64. The first-order valence-corrected chi connectivity index (χ1v) is 15.7. The fourth-order valence-electron chi connectivity index (χ4n) is 2.70. The zero-order valence-electron chi connectivity index (χ0n) is 29.7. The summed E-state index contributed by atoms with van der Waals surface area (Å²) in [6.45, 7) is 21.4. The largest absolute Gasteiger partial charge is 0.465 e. The van der Waals surface area contributed by atoms with Crippen molar-refractivity contribution in [2.75, 3.05) is 20.3 Å². The molecule has 0 heterocycles. The number of halogens is 3. The van der Waals surface area contributed by atoms with Crippen LogP contribution in [-0.4, -0.2) is 86.1 Å². The maximum absolute atomic E-state index is 14.4. The van der Waals surface area contributed by atoms with Gasteiger partial charge < -0.3 is 23.8 Å². The minimum Gasteiger partial charge on any atom is -0.465 e. The van der Waals surface area contributed by atoms with Gasteiger partial charge in [0.15, 0.2) is 24.7 Å². The van der Waals surface area contributed by atoms with Crippen molar-refractivity contribution >= 4 is 52.3 Å². The predicted molar refractivity (Wildman–Crippen MR) is 173 cm³/mol. The first-order valence-electron chi connectivity index (χ1n) is 14.8. The molecule has 0 aliphatic rings. The Balaban J connectivity index is 0. The van der Waals surface area contributed by atoms with Crippen molar-refractivity contribution in [3.05, 3.63) is 0 Å². The minimum atomic E-state index is -2.01. The molecule has 0 radical (unpaired) electrons. The Bertz CT molecular complexity index is 1030. The number of aldehydes is 1. The second-order valence-electron chi connectivity index (χ2n) is 14.9. The molecule has 0 saturated heterocycles. The lowest BCUT2D eigenvalue weighted by Gasteiger charge is -2.29. The molecule has 0 aliphatic carbocycles. The van der Waals surface area contributed by atoms with Gasteiger partial charge in [-0.25, -0.2) is 8.78 Å². The molecule has 0 aliphatic heterocycles. The minimum absolute atomic E-state index is 0.0560. The van der Waals surface area contributed by atoms with Crippen LogP contribution in [-0.2, 0) is 47.8 Å². The van der Waals surface area contributed by atoms with E-state index in [9.17, 15) is 32.8 Å². The highest BCUT2D eigenvalue weighted by Gasteiger charge is 2.37. The predicted octanol–water partition coefficient (Wildman–Crippen LogP) is 5.97. The first-order chi connectivity index (χ1) is 20.6. The lowest BCUT2D eigenvalue weighted by molar-refractivity contribution is -0.168. The Labute approximate surface area is 280 Å². The molecule has 6 atom stereocenters. The van der Waals surface area contributed by atoms with Crippen molar-refractivity contribution < 1.29 is 56.5 Å². The molecule has 0 aromatic carbocycles. The molecule has 0 aromatic rings. The average Bonchev–Trinajstić information content (AvgIpc) is 2.91. The van der Waals surface area contributed by atoms with Gasteiger partial charge in [0.05, 0.1) is 39.3 Å². The van der Waals surface area contributed by atoms with Crippen LogP contribution in [0, 0.1) is 27.6 Å². The summed E-state index contributed by atoms with van der Waals surface area (Å²) < 4.78 is 48.7. The van der Waals surface area contributed by atoms with E-state index in [1.54, 1.807) is 90.0 Å². The molecule has 0 amide bonds. The van der Waals surface area contributed by atoms with Gasteiger partial charge in [0.1, 0.15) is 19.8 Å². The SMILES string of the molecule is CC(C)(C)C(=O)OC[C@H](Br)[C@@H](OC(=O)C(C)(C)C)[C@H](F)C=O.CON=C[C@@H](F)[C@H](OC(=O)C(C)(C)C)[C@@H](C)COC(=O)C(C)(C)C. The molecule has 0 N–H and O–H groups in total. The number of nitrogens with zero attached hydrogens (tertiary/aromatic N) is 1. The van der Waals surface area contributed by atoms with Crippen LogP contribution in [0.3, 0.4) is 0 Å². The number of carbonyl (C=O) groups is 5. The van der Waals surface area contributed by atoms with Gasteiger partial charge in [-0.2, -0.15) is 0 Å². The zero-order chi connectivity index (χ0) is 36.8. The molecular formula is C32H54BrF2NO10. The highest BCUT2D eigenvalue weighted by Crippen LogP contribution is 2.25. The summed E-state index contributed by atoms with van der Waals surface area (Å²) in [5.41, 5.74) is -2.98. The third kappa shape index (κ3) is 17.9. The Kier molecular flexibility index (Phi) is 19.0. The highest BCUT2D eigenvalue weighted by atomic mass is 79.9. The lowest BCUT2D eigenvalue weighted by atomic mass is 9.95. The van der Waals surface area contributed by atoms with Crippen LogP contribution in [0.5, 0.6) is 0 Å². The molecule has 46 heavy (non-hydrogen) atoms. The van der Waals surface area contributed by atoms with E-state index in [1.165, 1.54) is 7.11 Å². The van der Waals surface area contributed by atoms with Crippen LogP contribution in [0.1, 0.15) is 90.0 Å². The van der Waals surface area contributed by atoms with Gasteiger partial charge in [0.25, 0.3) is 0 Å². The fraction of sp³-hybridized carbons (Fsp3) is 0.812. The van der Waals surface area contributed by atoms with Gasteiger partial charge in [-0.1, -0.05) is 28.0 Å². The van der Waals surface area contributed by atoms with E-state index in [-0.39, 0.29) is 19.5 Å². The molecule has 0 spiro atoms. The second-order valence-corrected chi connectivity index (χ2v) is 16.1. The molecule has 14 heteroatoms. The van der Waals surface area contributed by atoms with Crippen molar-refractivity contribution in [2.45, 2.75) is 119 Å². The van der Waals surface area contributed by atoms with E-state index in [4.69, 9.17) is 18.9 Å². The third-order valence-electron chi connectivity index (χ3n) is 5.77. The smallest absolute Gasteiger partial charge is 0.311 e. The summed E-state index contributed by atoms with van der Waals surface area (Å²) in [7, 11) is 1.29. The van der Waals surface area contributed by atoms with Crippen molar-refractivity contribution in [1.82, 2.24) is 0 Å². The number of alkyl halides is 3. The summed E-state index contributed by atoms with van der Waals surface area (Å²) >= 11 is 3.12. The quantitative estimate of drug-likeness (QED) is 0.0555. The number of esters is 4. The Morgan fingerprint density at radius 3 is 1.39 bits per heavy atom. The summed E-state index contributed by atoms with van der Waals surface area (Å²) in [4.78, 5) is 61.8. The molecule has 0 aromatic heterocycles. The average molecular weight is 731 g/mol. The molecule has 0 unspecified atom stereocenters. The number of oxime groups is 1. The molecule has 0 fully saturated rings. The monoisotopic (exact) mass is 729 g/mol. The van der Waals surface area contributed by atoms with Crippen LogP contribution in [0.4, 0.5) is 8.78 Å². The van der Waals surface area contributed by atoms with Gasteiger partial charge in [-0.05, 0) is 83.1 Å². The van der Waals surface area contributed by atoms with E-state index in [0.29, 0.717) is 0 Å².